The number of hydrogen-bond donors (Lipinski definition) is 1. The van der Waals surface area contributed by atoms with Gasteiger partial charge in [0, 0.05) is 30.3 Å². The van der Waals surface area contributed by atoms with Crippen LogP contribution in [0.3, 0.4) is 0 Å². The molecular weight excluding hydrogens is 363 g/mol. The molecule has 0 spiro atoms. The maximum atomic E-state index is 12.9. The number of halogens is 3. The van der Waals surface area contributed by atoms with Crippen molar-refractivity contribution in [2.75, 3.05) is 18.5 Å². The van der Waals surface area contributed by atoms with Crippen LogP contribution in [0.25, 0.3) is 5.78 Å². The van der Waals surface area contributed by atoms with E-state index in [1.54, 1.807) is 13.0 Å². The fraction of sp³-hybridized carbons (Fsp3) is 0.353. The van der Waals surface area contributed by atoms with Crippen molar-refractivity contribution in [1.29, 1.82) is 0 Å². The average molecular weight is 379 g/mol. The largest absolute Gasteiger partial charge is 0.490 e. The van der Waals surface area contributed by atoms with E-state index in [-0.39, 0.29) is 5.78 Å². The number of rotatable bonds is 3. The molecule has 0 saturated carbocycles. The van der Waals surface area contributed by atoms with Crippen molar-refractivity contribution < 1.29 is 22.6 Å². The van der Waals surface area contributed by atoms with Crippen LogP contribution < -0.4 is 14.8 Å². The van der Waals surface area contributed by atoms with Gasteiger partial charge >= 0.3 is 6.18 Å². The summed E-state index contributed by atoms with van der Waals surface area (Å²) in [5.74, 6) is 0.306. The first-order valence-corrected chi connectivity index (χ1v) is 8.35. The second kappa shape index (κ2) is 6.60. The quantitative estimate of drug-likeness (QED) is 0.753. The standard InChI is InChI=1S/C17H16F3N5O2/c1-10-8-13(25-16(22-10)23-15(24-25)17(18,19)20)21-9-11-4-2-5-12-14(11)27-7-3-6-26-12/h2,4-5,8,21H,3,6-7,9H2,1H3. The molecule has 0 saturated heterocycles. The third-order valence-corrected chi connectivity index (χ3v) is 4.01. The highest BCUT2D eigenvalue weighted by Crippen LogP contribution is 2.33. The Hall–Kier alpha value is -3.04. The van der Waals surface area contributed by atoms with E-state index in [0.29, 0.717) is 42.8 Å². The molecule has 1 aromatic carbocycles. The van der Waals surface area contributed by atoms with Crippen molar-refractivity contribution in [2.24, 2.45) is 0 Å². The van der Waals surface area contributed by atoms with Gasteiger partial charge in [-0.05, 0) is 13.0 Å². The van der Waals surface area contributed by atoms with Crippen LogP contribution in [-0.4, -0.2) is 32.8 Å². The predicted octanol–water partition coefficient (Wildman–Crippen LogP) is 3.22. The van der Waals surface area contributed by atoms with Gasteiger partial charge in [-0.15, -0.1) is 5.10 Å². The lowest BCUT2D eigenvalue weighted by atomic mass is 10.2. The van der Waals surface area contributed by atoms with Gasteiger partial charge in [0.15, 0.2) is 11.5 Å². The highest BCUT2D eigenvalue weighted by Gasteiger charge is 2.36. The minimum absolute atomic E-state index is 0.115. The number of aromatic nitrogens is 4. The molecule has 1 aliphatic heterocycles. The number of alkyl halides is 3. The third kappa shape index (κ3) is 3.46. The number of fused-ring (bicyclic) bond motifs is 2. The van der Waals surface area contributed by atoms with Gasteiger partial charge in [-0.3, -0.25) is 0 Å². The lowest BCUT2D eigenvalue weighted by Gasteiger charge is -2.14. The Morgan fingerprint density at radius 1 is 1.19 bits per heavy atom. The molecule has 4 rings (SSSR count). The number of anilines is 1. The van der Waals surface area contributed by atoms with Gasteiger partial charge in [-0.2, -0.15) is 22.7 Å². The smallest absolute Gasteiger partial charge is 0.453 e. The molecule has 27 heavy (non-hydrogen) atoms. The fourth-order valence-electron chi connectivity index (χ4n) is 2.81. The third-order valence-electron chi connectivity index (χ3n) is 4.01. The molecule has 2 aromatic heterocycles. The first-order valence-electron chi connectivity index (χ1n) is 8.35. The molecular formula is C17H16F3N5O2. The van der Waals surface area contributed by atoms with Crippen molar-refractivity contribution >= 4 is 11.6 Å². The van der Waals surface area contributed by atoms with Crippen molar-refractivity contribution in [3.63, 3.8) is 0 Å². The van der Waals surface area contributed by atoms with E-state index in [2.05, 4.69) is 20.4 Å². The molecule has 0 fully saturated rings. The summed E-state index contributed by atoms with van der Waals surface area (Å²) in [7, 11) is 0. The molecule has 142 valence electrons. The molecule has 7 nitrogen and oxygen atoms in total. The first-order chi connectivity index (χ1) is 12.9. The van der Waals surface area contributed by atoms with Crippen LogP contribution >= 0.6 is 0 Å². The van der Waals surface area contributed by atoms with Crippen LogP contribution in [0.2, 0.25) is 0 Å². The van der Waals surface area contributed by atoms with Gasteiger partial charge in [-0.1, -0.05) is 12.1 Å². The molecule has 3 heterocycles. The second-order valence-electron chi connectivity index (χ2n) is 6.08. The number of benzene rings is 1. The Bertz CT molecular complexity index is 987. The van der Waals surface area contributed by atoms with Crippen LogP contribution in [0, 0.1) is 6.92 Å². The van der Waals surface area contributed by atoms with Crippen LogP contribution in [0.15, 0.2) is 24.3 Å². The van der Waals surface area contributed by atoms with Crippen LogP contribution in [-0.2, 0) is 12.7 Å². The van der Waals surface area contributed by atoms with E-state index in [1.165, 1.54) is 0 Å². The van der Waals surface area contributed by atoms with Crippen molar-refractivity contribution in [3.05, 3.63) is 41.3 Å². The van der Waals surface area contributed by atoms with Crippen molar-refractivity contribution in [3.8, 4) is 11.5 Å². The van der Waals surface area contributed by atoms with Crippen LogP contribution in [0.5, 0.6) is 11.5 Å². The summed E-state index contributed by atoms with van der Waals surface area (Å²) in [6.45, 7) is 3.11. The molecule has 0 aliphatic carbocycles. The number of aryl methyl sites for hydroxylation is 1. The van der Waals surface area contributed by atoms with Gasteiger partial charge in [0.1, 0.15) is 5.82 Å². The summed E-state index contributed by atoms with van der Waals surface area (Å²) in [5.41, 5.74) is 1.35. The topological polar surface area (TPSA) is 73.6 Å². The normalized spacial score (nSPS) is 14.2. The lowest BCUT2D eigenvalue weighted by molar-refractivity contribution is -0.144. The molecule has 0 atom stereocenters. The molecule has 0 radical (unpaired) electrons. The fourth-order valence-corrected chi connectivity index (χ4v) is 2.81. The van der Waals surface area contributed by atoms with Gasteiger partial charge in [0.2, 0.25) is 0 Å². The maximum Gasteiger partial charge on any atom is 0.453 e. The minimum Gasteiger partial charge on any atom is -0.490 e. The number of ether oxygens (including phenoxy) is 2. The van der Waals surface area contributed by atoms with Gasteiger partial charge in [0.25, 0.3) is 11.6 Å². The van der Waals surface area contributed by atoms with Crippen LogP contribution in [0.1, 0.15) is 23.5 Å². The Morgan fingerprint density at radius 3 is 2.81 bits per heavy atom. The number of nitrogens with zero attached hydrogens (tertiary/aromatic N) is 4. The lowest BCUT2D eigenvalue weighted by Crippen LogP contribution is -2.10. The van der Waals surface area contributed by atoms with Gasteiger partial charge in [-0.25, -0.2) is 4.98 Å². The van der Waals surface area contributed by atoms with Crippen LogP contribution in [0.4, 0.5) is 19.0 Å². The molecule has 0 unspecified atom stereocenters. The van der Waals surface area contributed by atoms with Crippen molar-refractivity contribution in [2.45, 2.75) is 26.1 Å². The highest BCUT2D eigenvalue weighted by atomic mass is 19.4. The zero-order valence-electron chi connectivity index (χ0n) is 14.4. The minimum atomic E-state index is -4.64. The van der Waals surface area contributed by atoms with Crippen molar-refractivity contribution in [1.82, 2.24) is 19.6 Å². The molecule has 1 aliphatic rings. The van der Waals surface area contributed by atoms with E-state index in [4.69, 9.17) is 9.47 Å². The molecule has 3 aromatic rings. The average Bonchev–Trinajstić information content (AvgIpc) is 2.90. The summed E-state index contributed by atoms with van der Waals surface area (Å²) in [4.78, 5) is 7.49. The molecule has 0 bridgehead atoms. The Balaban J connectivity index is 1.66. The summed E-state index contributed by atoms with van der Waals surface area (Å²) in [6.07, 6.45) is -3.86. The monoisotopic (exact) mass is 379 g/mol. The van der Waals surface area contributed by atoms with E-state index in [1.807, 2.05) is 18.2 Å². The van der Waals surface area contributed by atoms with E-state index >= 15 is 0 Å². The predicted molar refractivity (Wildman–Crippen MR) is 89.9 cm³/mol. The molecule has 0 amide bonds. The zero-order chi connectivity index (χ0) is 19.0. The zero-order valence-corrected chi connectivity index (χ0v) is 14.4. The van der Waals surface area contributed by atoms with E-state index < -0.39 is 12.0 Å². The van der Waals surface area contributed by atoms with Gasteiger partial charge in [0.05, 0.1) is 13.2 Å². The summed E-state index contributed by atoms with van der Waals surface area (Å²) < 4.78 is 51.2. The summed E-state index contributed by atoms with van der Waals surface area (Å²) in [5, 5.41) is 6.64. The Kier molecular flexibility index (Phi) is 4.25. The summed E-state index contributed by atoms with van der Waals surface area (Å²) in [6, 6.07) is 7.15. The second-order valence-corrected chi connectivity index (χ2v) is 6.08. The Labute approximate surface area is 152 Å². The van der Waals surface area contributed by atoms with E-state index in [0.717, 1.165) is 16.5 Å². The number of nitrogens with one attached hydrogen (secondary N) is 1. The highest BCUT2D eigenvalue weighted by molar-refractivity contribution is 5.50. The molecule has 10 heteroatoms. The SMILES string of the molecule is Cc1cc(NCc2cccc3c2OCCCO3)n2nc(C(F)(F)F)nc2n1. The Morgan fingerprint density at radius 2 is 2.00 bits per heavy atom. The number of para-hydroxylation sites is 1. The van der Waals surface area contributed by atoms with Gasteiger partial charge < -0.3 is 14.8 Å². The van der Waals surface area contributed by atoms with E-state index in [9.17, 15) is 13.2 Å². The number of hydrogen-bond acceptors (Lipinski definition) is 6. The maximum absolute atomic E-state index is 12.9. The summed E-state index contributed by atoms with van der Waals surface area (Å²) >= 11 is 0. The molecule has 1 N–H and O–H groups in total. The first kappa shape index (κ1) is 17.4.